The van der Waals surface area contributed by atoms with Crippen molar-refractivity contribution in [2.45, 2.75) is 11.8 Å². The van der Waals surface area contributed by atoms with E-state index in [1.807, 2.05) is 60.7 Å². The lowest BCUT2D eigenvalue weighted by molar-refractivity contribution is 0.102. The highest BCUT2D eigenvalue weighted by atomic mass is 32.2. The number of hydrogen-bond donors (Lipinski definition) is 2. The molecule has 1 amide bonds. The standard InChI is InChI=1S/C24H22N4O3S/c1-17-13-14-19(15-22(17)32(30,31)25-2)26-24(29)21-16-28(20-11-7-4-8-12-20)27-23(21)18-9-5-3-6-10-18/h3-16,25H,1-2H3,(H,26,29). The maximum Gasteiger partial charge on any atom is 0.259 e. The third-order valence-corrected chi connectivity index (χ3v) is 6.59. The normalized spacial score (nSPS) is 11.3. The smallest absolute Gasteiger partial charge is 0.259 e. The van der Waals surface area contributed by atoms with Crippen molar-refractivity contribution >= 4 is 21.6 Å². The number of aryl methyl sites for hydroxylation is 1. The average molecular weight is 447 g/mol. The molecule has 0 aliphatic heterocycles. The number of rotatable bonds is 6. The summed E-state index contributed by atoms with van der Waals surface area (Å²) in [5, 5.41) is 7.46. The summed E-state index contributed by atoms with van der Waals surface area (Å²) in [7, 11) is -2.30. The van der Waals surface area contributed by atoms with Crippen molar-refractivity contribution in [1.82, 2.24) is 14.5 Å². The van der Waals surface area contributed by atoms with Crippen LogP contribution in [0, 0.1) is 6.92 Å². The zero-order valence-electron chi connectivity index (χ0n) is 17.6. The Labute approximate surface area is 186 Å². The second kappa shape index (κ2) is 8.78. The van der Waals surface area contributed by atoms with Crippen LogP contribution in [0.25, 0.3) is 16.9 Å². The second-order valence-electron chi connectivity index (χ2n) is 7.18. The van der Waals surface area contributed by atoms with Crippen LogP contribution in [-0.4, -0.2) is 31.2 Å². The molecule has 0 radical (unpaired) electrons. The van der Waals surface area contributed by atoms with Crippen LogP contribution >= 0.6 is 0 Å². The van der Waals surface area contributed by atoms with Crippen LogP contribution < -0.4 is 10.0 Å². The molecule has 0 aliphatic carbocycles. The van der Waals surface area contributed by atoms with Gasteiger partial charge >= 0.3 is 0 Å². The molecule has 1 aromatic heterocycles. The van der Waals surface area contributed by atoms with E-state index in [1.54, 1.807) is 29.9 Å². The Morgan fingerprint density at radius 3 is 2.25 bits per heavy atom. The van der Waals surface area contributed by atoms with Gasteiger partial charge in [-0.05, 0) is 43.8 Å². The number of aromatic nitrogens is 2. The summed E-state index contributed by atoms with van der Waals surface area (Å²) in [6, 6.07) is 23.7. The minimum atomic E-state index is -3.65. The fourth-order valence-corrected chi connectivity index (χ4v) is 4.33. The first kappa shape index (κ1) is 21.5. The van der Waals surface area contributed by atoms with Crippen molar-refractivity contribution < 1.29 is 13.2 Å². The van der Waals surface area contributed by atoms with E-state index in [0.717, 1.165) is 11.3 Å². The van der Waals surface area contributed by atoms with Gasteiger partial charge in [-0.3, -0.25) is 4.79 Å². The number of nitrogens with zero attached hydrogens (tertiary/aromatic N) is 2. The molecule has 3 aromatic carbocycles. The van der Waals surface area contributed by atoms with E-state index in [2.05, 4.69) is 15.1 Å². The number of benzene rings is 3. The number of anilines is 1. The summed E-state index contributed by atoms with van der Waals surface area (Å²) in [4.78, 5) is 13.4. The summed E-state index contributed by atoms with van der Waals surface area (Å²) in [5.74, 6) is -0.386. The summed E-state index contributed by atoms with van der Waals surface area (Å²) in [5.41, 5.74) is 3.48. The molecule has 162 valence electrons. The zero-order valence-corrected chi connectivity index (χ0v) is 18.4. The van der Waals surface area contributed by atoms with Crippen LogP contribution in [0.1, 0.15) is 15.9 Å². The molecule has 0 spiro atoms. The molecular weight excluding hydrogens is 424 g/mol. The number of carbonyl (C=O) groups excluding carboxylic acids is 1. The lowest BCUT2D eigenvalue weighted by Crippen LogP contribution is -2.20. The van der Waals surface area contributed by atoms with Gasteiger partial charge in [0.2, 0.25) is 10.0 Å². The molecule has 0 bridgehead atoms. The minimum Gasteiger partial charge on any atom is -0.322 e. The largest absolute Gasteiger partial charge is 0.322 e. The van der Waals surface area contributed by atoms with Crippen molar-refractivity contribution in [3.05, 3.63) is 96.2 Å². The predicted octanol–water partition coefficient (Wildman–Crippen LogP) is 4.01. The lowest BCUT2D eigenvalue weighted by Gasteiger charge is -2.10. The average Bonchev–Trinajstić information content (AvgIpc) is 3.27. The highest BCUT2D eigenvalue weighted by Gasteiger charge is 2.20. The molecule has 7 nitrogen and oxygen atoms in total. The number of para-hydroxylation sites is 1. The molecule has 2 N–H and O–H groups in total. The SMILES string of the molecule is CNS(=O)(=O)c1cc(NC(=O)c2cn(-c3ccccc3)nc2-c2ccccc2)ccc1C. The Morgan fingerprint density at radius 2 is 1.59 bits per heavy atom. The second-order valence-corrected chi connectivity index (χ2v) is 9.03. The van der Waals surface area contributed by atoms with Gasteiger partial charge in [-0.15, -0.1) is 0 Å². The van der Waals surface area contributed by atoms with Gasteiger partial charge in [0.05, 0.1) is 16.1 Å². The van der Waals surface area contributed by atoms with Crippen LogP contribution in [0.2, 0.25) is 0 Å². The highest BCUT2D eigenvalue weighted by Crippen LogP contribution is 2.26. The van der Waals surface area contributed by atoms with Crippen molar-refractivity contribution in [2.24, 2.45) is 0 Å². The topological polar surface area (TPSA) is 93.1 Å². The zero-order chi connectivity index (χ0) is 22.7. The molecule has 0 saturated carbocycles. The first-order valence-electron chi connectivity index (χ1n) is 9.95. The molecule has 0 unspecified atom stereocenters. The third kappa shape index (κ3) is 4.32. The summed E-state index contributed by atoms with van der Waals surface area (Å²) < 4.78 is 28.5. The van der Waals surface area contributed by atoms with Crippen molar-refractivity contribution in [3.8, 4) is 16.9 Å². The van der Waals surface area contributed by atoms with E-state index in [0.29, 0.717) is 22.5 Å². The number of nitrogens with one attached hydrogen (secondary N) is 2. The molecule has 32 heavy (non-hydrogen) atoms. The molecule has 4 rings (SSSR count). The fourth-order valence-electron chi connectivity index (χ4n) is 3.34. The summed E-state index contributed by atoms with van der Waals surface area (Å²) in [6.07, 6.45) is 1.67. The molecule has 1 heterocycles. The lowest BCUT2D eigenvalue weighted by atomic mass is 10.1. The van der Waals surface area contributed by atoms with Gasteiger partial charge in [0.15, 0.2) is 0 Å². The van der Waals surface area contributed by atoms with E-state index in [9.17, 15) is 13.2 Å². The molecule has 0 fully saturated rings. The Balaban J connectivity index is 1.74. The monoisotopic (exact) mass is 446 g/mol. The van der Waals surface area contributed by atoms with Crippen LogP contribution in [0.15, 0.2) is 90.0 Å². The summed E-state index contributed by atoms with van der Waals surface area (Å²) in [6.45, 7) is 1.70. The molecule has 0 saturated heterocycles. The van der Waals surface area contributed by atoms with Gasteiger partial charge in [-0.25, -0.2) is 17.8 Å². The highest BCUT2D eigenvalue weighted by molar-refractivity contribution is 7.89. The maximum absolute atomic E-state index is 13.2. The molecule has 8 heteroatoms. The predicted molar refractivity (Wildman–Crippen MR) is 124 cm³/mol. The number of hydrogen-bond acceptors (Lipinski definition) is 4. The van der Waals surface area contributed by atoms with Gasteiger partial charge in [0.25, 0.3) is 5.91 Å². The molecule has 0 aliphatic rings. The first-order valence-corrected chi connectivity index (χ1v) is 11.4. The van der Waals surface area contributed by atoms with Crippen LogP contribution in [0.3, 0.4) is 0 Å². The van der Waals surface area contributed by atoms with Gasteiger partial charge in [-0.1, -0.05) is 54.6 Å². The fraction of sp³-hybridized carbons (Fsp3) is 0.0833. The van der Waals surface area contributed by atoms with Crippen molar-refractivity contribution in [1.29, 1.82) is 0 Å². The third-order valence-electron chi connectivity index (χ3n) is 5.03. The Bertz CT molecular complexity index is 1370. The van der Waals surface area contributed by atoms with Gasteiger partial charge < -0.3 is 5.32 Å². The quantitative estimate of drug-likeness (QED) is 0.468. The molecular formula is C24H22N4O3S. The number of carbonyl (C=O) groups is 1. The summed E-state index contributed by atoms with van der Waals surface area (Å²) >= 11 is 0. The van der Waals surface area contributed by atoms with Crippen molar-refractivity contribution in [3.63, 3.8) is 0 Å². The van der Waals surface area contributed by atoms with Crippen LogP contribution in [0.5, 0.6) is 0 Å². The van der Waals surface area contributed by atoms with E-state index in [4.69, 9.17) is 0 Å². The van der Waals surface area contributed by atoms with Gasteiger partial charge in [0.1, 0.15) is 5.69 Å². The number of amides is 1. The Kier molecular flexibility index (Phi) is 5.89. The minimum absolute atomic E-state index is 0.112. The van der Waals surface area contributed by atoms with Crippen LogP contribution in [0.4, 0.5) is 5.69 Å². The van der Waals surface area contributed by atoms with E-state index in [1.165, 1.54) is 13.1 Å². The maximum atomic E-state index is 13.2. The van der Waals surface area contributed by atoms with Crippen LogP contribution in [-0.2, 0) is 10.0 Å². The Hall–Kier alpha value is -3.75. The van der Waals surface area contributed by atoms with E-state index >= 15 is 0 Å². The van der Waals surface area contributed by atoms with Crippen molar-refractivity contribution in [2.75, 3.05) is 12.4 Å². The Morgan fingerprint density at radius 1 is 0.938 bits per heavy atom. The molecule has 0 atom stereocenters. The van der Waals surface area contributed by atoms with Gasteiger partial charge in [0, 0.05) is 17.4 Å². The van der Waals surface area contributed by atoms with Gasteiger partial charge in [-0.2, -0.15) is 5.10 Å². The first-order chi connectivity index (χ1) is 15.4. The number of sulfonamides is 1. The van der Waals surface area contributed by atoms with E-state index < -0.39 is 10.0 Å². The van der Waals surface area contributed by atoms with E-state index in [-0.39, 0.29) is 10.8 Å². The molecule has 4 aromatic rings.